The second-order valence-corrected chi connectivity index (χ2v) is 8.19. The topological polar surface area (TPSA) is 80.5 Å². The van der Waals surface area contributed by atoms with Crippen LogP contribution in [0.4, 0.5) is 0 Å². The monoisotopic (exact) mass is 434 g/mol. The predicted octanol–water partition coefficient (Wildman–Crippen LogP) is 3.71. The number of carbonyl (C=O) groups excluding carboxylic acids is 1. The SMILES string of the molecule is COc1ccc(-c2noc(CN3CCCC(C(=O)NCCCc4ccccc4)C3)n2)cc1. The maximum absolute atomic E-state index is 12.6. The predicted molar refractivity (Wildman–Crippen MR) is 122 cm³/mol. The molecule has 1 atom stereocenters. The lowest BCUT2D eigenvalue weighted by Gasteiger charge is -2.30. The molecule has 1 aliphatic heterocycles. The highest BCUT2D eigenvalue weighted by Crippen LogP contribution is 2.22. The molecule has 2 aromatic carbocycles. The summed E-state index contributed by atoms with van der Waals surface area (Å²) >= 11 is 0. The van der Waals surface area contributed by atoms with E-state index in [1.165, 1.54) is 5.56 Å². The first-order chi connectivity index (χ1) is 15.7. The largest absolute Gasteiger partial charge is 0.497 e. The normalized spacial score (nSPS) is 16.6. The number of nitrogens with zero attached hydrogens (tertiary/aromatic N) is 3. The molecule has 1 saturated heterocycles. The molecule has 7 nitrogen and oxygen atoms in total. The maximum atomic E-state index is 12.6. The standard InChI is InChI=1S/C25H30N4O3/c1-31-22-13-11-20(12-14-22)24-27-23(32-28-24)18-29-16-6-10-21(17-29)25(30)26-15-5-9-19-7-3-2-4-8-19/h2-4,7-8,11-14,21H,5-6,9-10,15-18H2,1H3,(H,26,30). The third kappa shape index (κ3) is 5.95. The molecule has 3 aromatic rings. The average molecular weight is 435 g/mol. The van der Waals surface area contributed by atoms with Crippen molar-refractivity contribution in [3.05, 3.63) is 66.1 Å². The van der Waals surface area contributed by atoms with Crippen LogP contribution in [0.3, 0.4) is 0 Å². The number of piperidine rings is 1. The fourth-order valence-corrected chi connectivity index (χ4v) is 4.07. The van der Waals surface area contributed by atoms with Gasteiger partial charge in [-0.05, 0) is 62.1 Å². The molecule has 0 radical (unpaired) electrons. The lowest BCUT2D eigenvalue weighted by molar-refractivity contribution is -0.126. The lowest BCUT2D eigenvalue weighted by Crippen LogP contribution is -2.43. The van der Waals surface area contributed by atoms with E-state index in [4.69, 9.17) is 9.26 Å². The summed E-state index contributed by atoms with van der Waals surface area (Å²) in [6, 6.07) is 17.9. The Morgan fingerprint density at radius 2 is 2.00 bits per heavy atom. The van der Waals surface area contributed by atoms with E-state index in [1.807, 2.05) is 42.5 Å². The van der Waals surface area contributed by atoms with E-state index in [1.54, 1.807) is 7.11 Å². The van der Waals surface area contributed by atoms with Crippen molar-refractivity contribution in [2.45, 2.75) is 32.2 Å². The van der Waals surface area contributed by atoms with Gasteiger partial charge in [-0.2, -0.15) is 4.98 Å². The molecule has 1 aliphatic rings. The number of likely N-dealkylation sites (tertiary alicyclic amines) is 1. The second-order valence-electron chi connectivity index (χ2n) is 8.19. The number of ether oxygens (including phenoxy) is 1. The van der Waals surface area contributed by atoms with Gasteiger partial charge < -0.3 is 14.6 Å². The quantitative estimate of drug-likeness (QED) is 0.517. The smallest absolute Gasteiger partial charge is 0.241 e. The third-order valence-electron chi connectivity index (χ3n) is 5.84. The first-order valence-corrected chi connectivity index (χ1v) is 11.2. The van der Waals surface area contributed by atoms with Gasteiger partial charge in [0.2, 0.25) is 17.6 Å². The number of hydrogen-bond acceptors (Lipinski definition) is 6. The summed E-state index contributed by atoms with van der Waals surface area (Å²) in [7, 11) is 1.64. The van der Waals surface area contributed by atoms with Gasteiger partial charge in [0.05, 0.1) is 19.6 Å². The van der Waals surface area contributed by atoms with Crippen LogP contribution in [-0.2, 0) is 17.8 Å². The molecular weight excluding hydrogens is 404 g/mol. The van der Waals surface area contributed by atoms with Gasteiger partial charge in [0.15, 0.2) is 0 Å². The Hall–Kier alpha value is -3.19. The molecule has 2 heterocycles. The summed E-state index contributed by atoms with van der Waals surface area (Å²) in [6.07, 6.45) is 3.83. The summed E-state index contributed by atoms with van der Waals surface area (Å²) < 4.78 is 10.6. The van der Waals surface area contributed by atoms with Gasteiger partial charge in [-0.15, -0.1) is 0 Å². The van der Waals surface area contributed by atoms with E-state index in [2.05, 4.69) is 32.5 Å². The number of carbonyl (C=O) groups is 1. The lowest BCUT2D eigenvalue weighted by atomic mass is 9.97. The van der Waals surface area contributed by atoms with E-state index in [0.29, 0.717) is 31.3 Å². The number of amides is 1. The molecule has 0 bridgehead atoms. The highest BCUT2D eigenvalue weighted by Gasteiger charge is 2.26. The molecule has 4 rings (SSSR count). The van der Waals surface area contributed by atoms with Crippen LogP contribution in [0.15, 0.2) is 59.1 Å². The van der Waals surface area contributed by atoms with Crippen molar-refractivity contribution < 1.29 is 14.1 Å². The molecule has 0 saturated carbocycles. The van der Waals surface area contributed by atoms with Crippen LogP contribution in [-0.4, -0.2) is 47.7 Å². The molecule has 1 aromatic heterocycles. The summed E-state index contributed by atoms with van der Waals surface area (Å²) in [4.78, 5) is 19.4. The highest BCUT2D eigenvalue weighted by molar-refractivity contribution is 5.78. The van der Waals surface area contributed by atoms with Crippen LogP contribution >= 0.6 is 0 Å². The van der Waals surface area contributed by atoms with Gasteiger partial charge in [-0.1, -0.05) is 35.5 Å². The van der Waals surface area contributed by atoms with Gasteiger partial charge in [0.25, 0.3) is 0 Å². The minimum absolute atomic E-state index is 0.00413. The Balaban J connectivity index is 1.24. The van der Waals surface area contributed by atoms with Crippen molar-refractivity contribution in [3.63, 3.8) is 0 Å². The van der Waals surface area contributed by atoms with Crippen LogP contribution in [0.25, 0.3) is 11.4 Å². The first kappa shape index (κ1) is 22.0. The minimum Gasteiger partial charge on any atom is -0.497 e. The molecule has 1 unspecified atom stereocenters. The number of rotatable bonds is 9. The summed E-state index contributed by atoms with van der Waals surface area (Å²) in [6.45, 7) is 2.91. The van der Waals surface area contributed by atoms with Crippen LogP contribution in [0, 0.1) is 5.92 Å². The molecule has 0 spiro atoms. The van der Waals surface area contributed by atoms with Crippen LogP contribution in [0.1, 0.15) is 30.7 Å². The van der Waals surface area contributed by atoms with Gasteiger partial charge in [-0.25, -0.2) is 0 Å². The Kier molecular flexibility index (Phi) is 7.51. The van der Waals surface area contributed by atoms with E-state index < -0.39 is 0 Å². The summed E-state index contributed by atoms with van der Waals surface area (Å²) in [5.74, 6) is 2.07. The Bertz CT molecular complexity index is 988. The molecule has 1 amide bonds. The summed E-state index contributed by atoms with van der Waals surface area (Å²) in [5.41, 5.74) is 2.19. The average Bonchev–Trinajstić information content (AvgIpc) is 3.31. The number of methoxy groups -OCH3 is 1. The number of benzene rings is 2. The van der Waals surface area contributed by atoms with Crippen molar-refractivity contribution in [1.82, 2.24) is 20.4 Å². The van der Waals surface area contributed by atoms with E-state index in [-0.39, 0.29) is 11.8 Å². The Morgan fingerprint density at radius 3 is 2.78 bits per heavy atom. The van der Waals surface area contributed by atoms with Gasteiger partial charge in [-0.3, -0.25) is 9.69 Å². The fraction of sp³-hybridized carbons (Fsp3) is 0.400. The first-order valence-electron chi connectivity index (χ1n) is 11.2. The summed E-state index contributed by atoms with van der Waals surface area (Å²) in [5, 5.41) is 7.22. The van der Waals surface area contributed by atoms with E-state index in [9.17, 15) is 4.79 Å². The zero-order valence-corrected chi connectivity index (χ0v) is 18.5. The number of nitrogens with one attached hydrogen (secondary N) is 1. The van der Waals surface area contributed by atoms with Crippen molar-refractivity contribution in [3.8, 4) is 17.1 Å². The molecule has 0 aliphatic carbocycles. The van der Waals surface area contributed by atoms with Crippen molar-refractivity contribution in [1.29, 1.82) is 0 Å². The molecule has 168 valence electrons. The minimum atomic E-state index is 0.00413. The molecular formula is C25H30N4O3. The van der Waals surface area contributed by atoms with Crippen molar-refractivity contribution in [2.24, 2.45) is 5.92 Å². The van der Waals surface area contributed by atoms with Crippen LogP contribution < -0.4 is 10.1 Å². The molecule has 32 heavy (non-hydrogen) atoms. The van der Waals surface area contributed by atoms with Gasteiger partial charge in [0, 0.05) is 18.7 Å². The highest BCUT2D eigenvalue weighted by atomic mass is 16.5. The van der Waals surface area contributed by atoms with E-state index >= 15 is 0 Å². The third-order valence-corrected chi connectivity index (χ3v) is 5.84. The van der Waals surface area contributed by atoms with Crippen molar-refractivity contribution >= 4 is 5.91 Å². The fourth-order valence-electron chi connectivity index (χ4n) is 4.07. The Labute approximate surface area is 188 Å². The zero-order valence-electron chi connectivity index (χ0n) is 18.5. The van der Waals surface area contributed by atoms with Crippen molar-refractivity contribution in [2.75, 3.05) is 26.7 Å². The zero-order chi connectivity index (χ0) is 22.2. The van der Waals surface area contributed by atoms with Gasteiger partial charge >= 0.3 is 0 Å². The van der Waals surface area contributed by atoms with Crippen LogP contribution in [0.2, 0.25) is 0 Å². The number of hydrogen-bond donors (Lipinski definition) is 1. The molecule has 7 heteroatoms. The second kappa shape index (κ2) is 10.9. The molecule has 1 N–H and O–H groups in total. The van der Waals surface area contributed by atoms with Crippen LogP contribution in [0.5, 0.6) is 5.75 Å². The maximum Gasteiger partial charge on any atom is 0.241 e. The number of aromatic nitrogens is 2. The van der Waals surface area contributed by atoms with E-state index in [0.717, 1.165) is 43.5 Å². The molecule has 1 fully saturated rings. The number of aryl methyl sites for hydroxylation is 1. The van der Waals surface area contributed by atoms with Gasteiger partial charge in [0.1, 0.15) is 5.75 Å². The Morgan fingerprint density at radius 1 is 1.19 bits per heavy atom.